The molecule has 0 aliphatic carbocycles. The molecule has 1 unspecified atom stereocenters. The molecular formula is C28H29NO5. The first-order valence-corrected chi connectivity index (χ1v) is 11.5. The molecule has 3 aromatic rings. The van der Waals surface area contributed by atoms with Crippen LogP contribution in [0, 0.1) is 16.0 Å². The number of nitro benzene ring substituents is 1. The number of carbonyl (C=O) groups excluding carboxylic acids is 2. The summed E-state index contributed by atoms with van der Waals surface area (Å²) in [5.74, 6) is -1.06. The molecule has 0 N–H and O–H groups in total. The van der Waals surface area contributed by atoms with Gasteiger partial charge in [0.05, 0.1) is 23.0 Å². The van der Waals surface area contributed by atoms with Crippen LogP contribution in [0.3, 0.4) is 0 Å². The summed E-state index contributed by atoms with van der Waals surface area (Å²) in [5, 5.41) is 11.3. The van der Waals surface area contributed by atoms with Crippen molar-refractivity contribution < 1.29 is 19.2 Å². The largest absolute Gasteiger partial charge is 0.369 e. The van der Waals surface area contributed by atoms with E-state index >= 15 is 0 Å². The Morgan fingerprint density at radius 1 is 0.882 bits per heavy atom. The molecule has 0 saturated carbocycles. The highest BCUT2D eigenvalue weighted by molar-refractivity contribution is 6.03. The van der Waals surface area contributed by atoms with E-state index in [1.807, 2.05) is 49.4 Å². The number of carbonyl (C=O) groups is 2. The molecule has 3 rings (SSSR count). The smallest absolute Gasteiger partial charge is 0.277 e. The summed E-state index contributed by atoms with van der Waals surface area (Å²) in [5.41, 5.74) is 3.07. The molecule has 6 nitrogen and oxygen atoms in total. The molecule has 0 saturated heterocycles. The van der Waals surface area contributed by atoms with Crippen molar-refractivity contribution in [1.29, 1.82) is 0 Å². The zero-order valence-electron chi connectivity index (χ0n) is 19.3. The highest BCUT2D eigenvalue weighted by Gasteiger charge is 2.26. The summed E-state index contributed by atoms with van der Waals surface area (Å²) in [4.78, 5) is 36.7. The van der Waals surface area contributed by atoms with Crippen LogP contribution in [-0.2, 0) is 27.4 Å². The lowest BCUT2D eigenvalue weighted by atomic mass is 9.88. The van der Waals surface area contributed by atoms with Crippen LogP contribution < -0.4 is 0 Å². The summed E-state index contributed by atoms with van der Waals surface area (Å²) >= 11 is 0. The molecule has 0 heterocycles. The molecule has 3 aromatic carbocycles. The molecule has 0 aliphatic rings. The fourth-order valence-corrected chi connectivity index (χ4v) is 3.81. The second-order valence-electron chi connectivity index (χ2n) is 8.24. The van der Waals surface area contributed by atoms with E-state index in [1.165, 1.54) is 6.07 Å². The van der Waals surface area contributed by atoms with Crippen LogP contribution in [-0.4, -0.2) is 23.1 Å². The Morgan fingerprint density at radius 3 is 2.24 bits per heavy atom. The molecule has 6 heteroatoms. The predicted molar refractivity (Wildman–Crippen MR) is 131 cm³/mol. The number of ketones is 2. The Balaban J connectivity index is 1.71. The van der Waals surface area contributed by atoms with E-state index in [0.717, 1.165) is 24.0 Å². The molecule has 0 amide bonds. The molecule has 0 bridgehead atoms. The lowest BCUT2D eigenvalue weighted by Crippen LogP contribution is -2.29. The number of hydrogen-bond donors (Lipinski definition) is 0. The summed E-state index contributed by atoms with van der Waals surface area (Å²) in [6, 6.07) is 23.4. The van der Waals surface area contributed by atoms with Crippen molar-refractivity contribution in [3.63, 3.8) is 0 Å². The molecule has 0 aromatic heterocycles. The highest BCUT2D eigenvalue weighted by Crippen LogP contribution is 2.30. The number of nitrogens with zero attached hydrogens (tertiary/aromatic N) is 1. The fourth-order valence-electron chi connectivity index (χ4n) is 3.81. The topological polar surface area (TPSA) is 86.5 Å². The van der Waals surface area contributed by atoms with Crippen molar-refractivity contribution >= 4 is 17.3 Å². The van der Waals surface area contributed by atoms with E-state index < -0.39 is 10.8 Å². The van der Waals surface area contributed by atoms with Gasteiger partial charge in [-0.2, -0.15) is 0 Å². The summed E-state index contributed by atoms with van der Waals surface area (Å²) < 4.78 is 5.60. The van der Waals surface area contributed by atoms with Gasteiger partial charge in [-0.05, 0) is 35.6 Å². The van der Waals surface area contributed by atoms with Crippen molar-refractivity contribution in [3.8, 4) is 11.1 Å². The molecule has 0 spiro atoms. The van der Waals surface area contributed by atoms with Gasteiger partial charge in [-0.25, -0.2) is 0 Å². The SMILES string of the molecule is CCCCC(=O)C(Cc1ccc(-c2ccccc2[N+](=O)[O-])cc1)C(=O)COCc1ccccc1. The van der Waals surface area contributed by atoms with Crippen LogP contribution in [0.1, 0.15) is 37.3 Å². The van der Waals surface area contributed by atoms with Gasteiger partial charge < -0.3 is 4.74 Å². The number of para-hydroxylation sites is 1. The van der Waals surface area contributed by atoms with Crippen LogP contribution >= 0.6 is 0 Å². The summed E-state index contributed by atoms with van der Waals surface area (Å²) in [6.45, 7) is 2.20. The zero-order valence-corrected chi connectivity index (χ0v) is 19.3. The van der Waals surface area contributed by atoms with E-state index in [4.69, 9.17) is 4.74 Å². The Morgan fingerprint density at radius 2 is 1.56 bits per heavy atom. The number of hydrogen-bond acceptors (Lipinski definition) is 5. The Bertz CT molecular complexity index is 1110. The quantitative estimate of drug-likeness (QED) is 0.179. The number of ether oxygens (including phenoxy) is 1. The van der Waals surface area contributed by atoms with E-state index in [2.05, 4.69) is 0 Å². The Kier molecular flexibility index (Phi) is 9.23. The first kappa shape index (κ1) is 25.0. The maximum absolute atomic E-state index is 12.9. The minimum absolute atomic E-state index is 0.0358. The average molecular weight is 460 g/mol. The van der Waals surface area contributed by atoms with E-state index in [-0.39, 0.29) is 30.3 Å². The van der Waals surface area contributed by atoms with Crippen LogP contribution in [0.2, 0.25) is 0 Å². The molecule has 34 heavy (non-hydrogen) atoms. The lowest BCUT2D eigenvalue weighted by Gasteiger charge is -2.16. The second-order valence-corrected chi connectivity index (χ2v) is 8.24. The number of nitro groups is 1. The monoisotopic (exact) mass is 459 g/mol. The number of Topliss-reactive ketones (excluding diaryl/α,β-unsaturated/α-hetero) is 2. The standard InChI is InChI=1S/C28H29NO5/c1-2-3-13-27(30)25(28(31)20-34-19-22-9-5-4-6-10-22)18-21-14-16-23(17-15-21)24-11-7-8-12-26(24)29(32)33/h4-12,14-17,25H,2-3,13,18-20H2,1H3. The van der Waals surface area contributed by atoms with Crippen molar-refractivity contribution in [3.05, 3.63) is 100 Å². The average Bonchev–Trinajstić information content (AvgIpc) is 2.86. The summed E-state index contributed by atoms with van der Waals surface area (Å²) in [6.07, 6.45) is 2.26. The van der Waals surface area contributed by atoms with Crippen LogP contribution in [0.4, 0.5) is 5.69 Å². The van der Waals surface area contributed by atoms with Gasteiger partial charge in [-0.3, -0.25) is 19.7 Å². The minimum Gasteiger partial charge on any atom is -0.369 e. The first-order chi connectivity index (χ1) is 16.5. The van der Waals surface area contributed by atoms with Crippen LogP contribution in [0.25, 0.3) is 11.1 Å². The Hall–Kier alpha value is -3.64. The predicted octanol–water partition coefficient (Wildman–Crippen LogP) is 5.97. The zero-order chi connectivity index (χ0) is 24.3. The maximum atomic E-state index is 12.9. The number of unbranched alkanes of at least 4 members (excludes halogenated alkanes) is 1. The van der Waals surface area contributed by atoms with Gasteiger partial charge in [0.15, 0.2) is 5.78 Å². The molecule has 1 atom stereocenters. The van der Waals surface area contributed by atoms with Crippen molar-refractivity contribution in [2.45, 2.75) is 39.2 Å². The van der Waals surface area contributed by atoms with Crippen molar-refractivity contribution in [2.24, 2.45) is 5.92 Å². The van der Waals surface area contributed by atoms with Crippen molar-refractivity contribution in [1.82, 2.24) is 0 Å². The molecule has 0 fully saturated rings. The van der Waals surface area contributed by atoms with Crippen LogP contribution in [0.5, 0.6) is 0 Å². The molecule has 176 valence electrons. The maximum Gasteiger partial charge on any atom is 0.277 e. The van der Waals surface area contributed by atoms with Gasteiger partial charge in [0, 0.05) is 12.5 Å². The molecule has 0 radical (unpaired) electrons. The highest BCUT2D eigenvalue weighted by atomic mass is 16.6. The van der Waals surface area contributed by atoms with Gasteiger partial charge in [-0.15, -0.1) is 0 Å². The first-order valence-electron chi connectivity index (χ1n) is 11.5. The van der Waals surface area contributed by atoms with E-state index in [0.29, 0.717) is 24.2 Å². The lowest BCUT2D eigenvalue weighted by molar-refractivity contribution is -0.384. The number of benzene rings is 3. The normalized spacial score (nSPS) is 11.7. The van der Waals surface area contributed by atoms with E-state index in [9.17, 15) is 19.7 Å². The van der Waals surface area contributed by atoms with Gasteiger partial charge in [0.25, 0.3) is 5.69 Å². The third-order valence-electron chi connectivity index (χ3n) is 5.72. The van der Waals surface area contributed by atoms with Gasteiger partial charge in [-0.1, -0.05) is 80.1 Å². The third kappa shape index (κ3) is 6.93. The molecule has 0 aliphatic heterocycles. The van der Waals surface area contributed by atoms with Gasteiger partial charge >= 0.3 is 0 Å². The minimum atomic E-state index is -0.765. The second kappa shape index (κ2) is 12.6. The van der Waals surface area contributed by atoms with Gasteiger partial charge in [0.2, 0.25) is 0 Å². The Labute approximate surface area is 199 Å². The summed E-state index contributed by atoms with van der Waals surface area (Å²) in [7, 11) is 0. The third-order valence-corrected chi connectivity index (χ3v) is 5.72. The van der Waals surface area contributed by atoms with Gasteiger partial charge in [0.1, 0.15) is 12.4 Å². The number of rotatable bonds is 13. The van der Waals surface area contributed by atoms with Crippen LogP contribution in [0.15, 0.2) is 78.9 Å². The van der Waals surface area contributed by atoms with E-state index in [1.54, 1.807) is 30.3 Å². The van der Waals surface area contributed by atoms with Crippen molar-refractivity contribution in [2.75, 3.05) is 6.61 Å². The fraction of sp³-hybridized carbons (Fsp3) is 0.286. The molecular weight excluding hydrogens is 430 g/mol.